The number of aliphatic hydroxyl groups is 1. The Morgan fingerprint density at radius 1 is 1.14 bits per heavy atom. The SMILES string of the molecule is CC[C@@H](CO)NCc1cccc(OCc2cccc(Cl)c2)c1. The molecule has 0 spiro atoms. The van der Waals surface area contributed by atoms with Crippen molar-refractivity contribution in [2.75, 3.05) is 6.61 Å². The van der Waals surface area contributed by atoms with E-state index in [9.17, 15) is 5.11 Å². The maximum Gasteiger partial charge on any atom is 0.120 e. The molecule has 0 aromatic heterocycles. The molecule has 0 saturated carbocycles. The first-order valence-electron chi connectivity index (χ1n) is 7.51. The van der Waals surface area contributed by atoms with Gasteiger partial charge in [-0.2, -0.15) is 0 Å². The monoisotopic (exact) mass is 319 g/mol. The lowest BCUT2D eigenvalue weighted by Crippen LogP contribution is -2.31. The van der Waals surface area contributed by atoms with Crippen molar-refractivity contribution < 1.29 is 9.84 Å². The van der Waals surface area contributed by atoms with Crippen molar-refractivity contribution in [2.24, 2.45) is 0 Å². The molecular weight excluding hydrogens is 298 g/mol. The molecule has 0 fully saturated rings. The van der Waals surface area contributed by atoms with Crippen LogP contribution in [0, 0.1) is 0 Å². The molecule has 0 saturated heterocycles. The molecule has 0 heterocycles. The molecule has 2 aromatic carbocycles. The van der Waals surface area contributed by atoms with Crippen LogP contribution in [-0.4, -0.2) is 17.8 Å². The van der Waals surface area contributed by atoms with E-state index in [1.54, 1.807) is 0 Å². The fourth-order valence-electron chi connectivity index (χ4n) is 2.14. The van der Waals surface area contributed by atoms with Crippen molar-refractivity contribution in [3.8, 4) is 5.75 Å². The van der Waals surface area contributed by atoms with Crippen LogP contribution in [0.4, 0.5) is 0 Å². The topological polar surface area (TPSA) is 41.5 Å². The van der Waals surface area contributed by atoms with E-state index in [0.717, 1.165) is 23.3 Å². The highest BCUT2D eigenvalue weighted by molar-refractivity contribution is 6.30. The van der Waals surface area contributed by atoms with Crippen LogP contribution in [0.15, 0.2) is 48.5 Å². The first kappa shape index (κ1) is 16.8. The van der Waals surface area contributed by atoms with E-state index in [2.05, 4.69) is 12.2 Å². The minimum absolute atomic E-state index is 0.135. The molecule has 0 unspecified atom stereocenters. The normalized spacial score (nSPS) is 12.1. The summed E-state index contributed by atoms with van der Waals surface area (Å²) in [7, 11) is 0. The van der Waals surface area contributed by atoms with Gasteiger partial charge < -0.3 is 15.2 Å². The summed E-state index contributed by atoms with van der Waals surface area (Å²) in [5.74, 6) is 0.830. The summed E-state index contributed by atoms with van der Waals surface area (Å²) >= 11 is 5.97. The lowest BCUT2D eigenvalue weighted by Gasteiger charge is -2.14. The molecule has 0 bridgehead atoms. The van der Waals surface area contributed by atoms with Crippen molar-refractivity contribution in [1.29, 1.82) is 0 Å². The largest absolute Gasteiger partial charge is 0.489 e. The van der Waals surface area contributed by atoms with Crippen LogP contribution in [0.3, 0.4) is 0 Å². The molecule has 2 aromatic rings. The lowest BCUT2D eigenvalue weighted by molar-refractivity contribution is 0.238. The lowest BCUT2D eigenvalue weighted by atomic mass is 10.2. The van der Waals surface area contributed by atoms with Gasteiger partial charge in [-0.25, -0.2) is 0 Å². The minimum Gasteiger partial charge on any atom is -0.489 e. The predicted molar refractivity (Wildman–Crippen MR) is 90.2 cm³/mol. The smallest absolute Gasteiger partial charge is 0.120 e. The van der Waals surface area contributed by atoms with Gasteiger partial charge in [0.25, 0.3) is 0 Å². The average Bonchev–Trinajstić information content (AvgIpc) is 2.54. The maximum absolute atomic E-state index is 9.19. The predicted octanol–water partition coefficient (Wildman–Crippen LogP) is 3.78. The summed E-state index contributed by atoms with van der Waals surface area (Å²) in [5.41, 5.74) is 2.18. The van der Waals surface area contributed by atoms with Crippen LogP contribution in [0.2, 0.25) is 5.02 Å². The number of benzene rings is 2. The number of nitrogens with one attached hydrogen (secondary N) is 1. The third-order valence-corrected chi connectivity index (χ3v) is 3.74. The molecule has 0 radical (unpaired) electrons. The molecular formula is C18H22ClNO2. The molecule has 118 valence electrons. The molecule has 2 N–H and O–H groups in total. The molecule has 3 nitrogen and oxygen atoms in total. The van der Waals surface area contributed by atoms with Gasteiger partial charge in [0.05, 0.1) is 6.61 Å². The first-order chi connectivity index (χ1) is 10.7. The molecule has 2 rings (SSSR count). The van der Waals surface area contributed by atoms with Crippen LogP contribution in [0.1, 0.15) is 24.5 Å². The summed E-state index contributed by atoms with van der Waals surface area (Å²) in [6.07, 6.45) is 0.904. The van der Waals surface area contributed by atoms with E-state index in [4.69, 9.17) is 16.3 Å². The van der Waals surface area contributed by atoms with Gasteiger partial charge in [0.15, 0.2) is 0 Å². The van der Waals surface area contributed by atoms with Crippen molar-refractivity contribution in [2.45, 2.75) is 32.5 Å². The third kappa shape index (κ3) is 5.34. The quantitative estimate of drug-likeness (QED) is 0.778. The Bertz CT molecular complexity index is 585. The van der Waals surface area contributed by atoms with Gasteiger partial charge in [0, 0.05) is 17.6 Å². The number of halogens is 1. The second kappa shape index (κ2) is 8.79. The van der Waals surface area contributed by atoms with Crippen molar-refractivity contribution in [1.82, 2.24) is 5.32 Å². The van der Waals surface area contributed by atoms with Crippen LogP contribution in [0.25, 0.3) is 0 Å². The second-order valence-electron chi connectivity index (χ2n) is 5.23. The van der Waals surface area contributed by atoms with E-state index in [1.807, 2.05) is 48.5 Å². The Labute approximate surface area is 136 Å². The van der Waals surface area contributed by atoms with Crippen LogP contribution >= 0.6 is 11.6 Å². The number of aliphatic hydroxyl groups excluding tert-OH is 1. The zero-order chi connectivity index (χ0) is 15.8. The molecule has 22 heavy (non-hydrogen) atoms. The number of hydrogen-bond donors (Lipinski definition) is 2. The Morgan fingerprint density at radius 3 is 2.64 bits per heavy atom. The van der Waals surface area contributed by atoms with E-state index >= 15 is 0 Å². The Kier molecular flexibility index (Phi) is 6.72. The highest BCUT2D eigenvalue weighted by Gasteiger charge is 2.04. The molecule has 0 aliphatic rings. The van der Waals surface area contributed by atoms with E-state index in [1.165, 1.54) is 0 Å². The van der Waals surface area contributed by atoms with Crippen molar-refractivity contribution >= 4 is 11.6 Å². The van der Waals surface area contributed by atoms with E-state index in [-0.39, 0.29) is 12.6 Å². The van der Waals surface area contributed by atoms with Gasteiger partial charge in [0.2, 0.25) is 0 Å². The number of hydrogen-bond acceptors (Lipinski definition) is 3. The summed E-state index contributed by atoms with van der Waals surface area (Å²) in [5, 5.41) is 13.2. The average molecular weight is 320 g/mol. The Morgan fingerprint density at radius 2 is 1.91 bits per heavy atom. The number of ether oxygens (including phenoxy) is 1. The zero-order valence-electron chi connectivity index (χ0n) is 12.8. The van der Waals surface area contributed by atoms with Crippen LogP contribution < -0.4 is 10.1 Å². The Balaban J connectivity index is 1.91. The highest BCUT2D eigenvalue weighted by atomic mass is 35.5. The first-order valence-corrected chi connectivity index (χ1v) is 7.89. The summed E-state index contributed by atoms with van der Waals surface area (Å²) < 4.78 is 5.81. The van der Waals surface area contributed by atoms with Gasteiger partial charge in [-0.1, -0.05) is 42.8 Å². The standard InChI is InChI=1S/C18H22ClNO2/c1-2-17(12-21)20-11-14-5-4-8-18(10-14)22-13-15-6-3-7-16(19)9-15/h3-10,17,20-21H,2,11-13H2,1H3/t17-/m0/s1. The van der Waals surface area contributed by atoms with Gasteiger partial charge >= 0.3 is 0 Å². The van der Waals surface area contributed by atoms with Gasteiger partial charge in [0.1, 0.15) is 12.4 Å². The zero-order valence-corrected chi connectivity index (χ0v) is 13.5. The summed E-state index contributed by atoms with van der Waals surface area (Å²) in [6, 6.07) is 15.8. The molecule has 0 aliphatic carbocycles. The number of rotatable bonds is 8. The molecule has 1 atom stereocenters. The van der Waals surface area contributed by atoms with E-state index < -0.39 is 0 Å². The summed E-state index contributed by atoms with van der Waals surface area (Å²) in [4.78, 5) is 0. The minimum atomic E-state index is 0.135. The third-order valence-electron chi connectivity index (χ3n) is 3.50. The van der Waals surface area contributed by atoms with E-state index in [0.29, 0.717) is 18.2 Å². The van der Waals surface area contributed by atoms with Gasteiger partial charge in [-0.15, -0.1) is 0 Å². The fraction of sp³-hybridized carbons (Fsp3) is 0.333. The van der Waals surface area contributed by atoms with Crippen molar-refractivity contribution in [3.63, 3.8) is 0 Å². The maximum atomic E-state index is 9.19. The fourth-order valence-corrected chi connectivity index (χ4v) is 2.35. The second-order valence-corrected chi connectivity index (χ2v) is 5.67. The van der Waals surface area contributed by atoms with Crippen LogP contribution in [0.5, 0.6) is 5.75 Å². The summed E-state index contributed by atoms with van der Waals surface area (Å²) in [6.45, 7) is 3.42. The Hall–Kier alpha value is -1.55. The van der Waals surface area contributed by atoms with Gasteiger partial charge in [-0.3, -0.25) is 0 Å². The molecule has 0 aliphatic heterocycles. The van der Waals surface area contributed by atoms with Crippen molar-refractivity contribution in [3.05, 3.63) is 64.7 Å². The van der Waals surface area contributed by atoms with Crippen LogP contribution in [-0.2, 0) is 13.2 Å². The highest BCUT2D eigenvalue weighted by Crippen LogP contribution is 2.17. The molecule has 4 heteroatoms. The van der Waals surface area contributed by atoms with Gasteiger partial charge in [-0.05, 0) is 41.8 Å². The molecule has 0 amide bonds.